The molecule has 0 amide bonds. The molecule has 0 aromatic heterocycles. The summed E-state index contributed by atoms with van der Waals surface area (Å²) in [4.78, 5) is 2.30. The van der Waals surface area contributed by atoms with E-state index in [1.54, 1.807) is 18.2 Å². The predicted molar refractivity (Wildman–Crippen MR) is 81.2 cm³/mol. The first-order chi connectivity index (χ1) is 9.45. The summed E-state index contributed by atoms with van der Waals surface area (Å²) in [6.45, 7) is 7.69. The molecule has 1 aromatic rings. The van der Waals surface area contributed by atoms with Crippen molar-refractivity contribution in [2.45, 2.75) is 19.9 Å². The van der Waals surface area contributed by atoms with Crippen molar-refractivity contribution < 1.29 is 10.2 Å². The first-order valence-corrected chi connectivity index (χ1v) is 7.37. The van der Waals surface area contributed by atoms with E-state index >= 15 is 0 Å². The van der Waals surface area contributed by atoms with Crippen molar-refractivity contribution in [2.24, 2.45) is 5.41 Å². The highest BCUT2D eigenvalue weighted by Gasteiger charge is 2.37. The Morgan fingerprint density at radius 2 is 2.00 bits per heavy atom. The van der Waals surface area contributed by atoms with Gasteiger partial charge in [-0.2, -0.15) is 0 Å². The number of nitrogens with zero attached hydrogens (tertiary/aromatic N) is 1. The first-order valence-electron chi connectivity index (χ1n) is 7.00. The summed E-state index contributed by atoms with van der Waals surface area (Å²) in [5, 5.41) is 23.9. The van der Waals surface area contributed by atoms with Crippen molar-refractivity contribution in [3.05, 3.63) is 28.8 Å². The van der Waals surface area contributed by atoms with Crippen LogP contribution in [0.2, 0.25) is 5.02 Å². The second kappa shape index (κ2) is 6.31. The SMILES string of the molecule is CC(C)(CO)[C@@H](c1cc(Cl)ccc1O)N1CCNCC1. The van der Waals surface area contributed by atoms with Crippen LogP contribution in [0.25, 0.3) is 0 Å². The van der Waals surface area contributed by atoms with Crippen molar-refractivity contribution >= 4 is 11.6 Å². The van der Waals surface area contributed by atoms with Gasteiger partial charge in [-0.1, -0.05) is 25.4 Å². The number of nitrogens with one attached hydrogen (secondary N) is 1. The van der Waals surface area contributed by atoms with Gasteiger partial charge in [0.25, 0.3) is 0 Å². The van der Waals surface area contributed by atoms with Crippen LogP contribution in [0.15, 0.2) is 18.2 Å². The van der Waals surface area contributed by atoms with E-state index in [0.29, 0.717) is 5.02 Å². The number of aliphatic hydroxyl groups excluding tert-OH is 1. The Hall–Kier alpha value is -0.810. The summed E-state index contributed by atoms with van der Waals surface area (Å²) in [5.74, 6) is 0.236. The van der Waals surface area contributed by atoms with E-state index < -0.39 is 0 Å². The molecular formula is C15H23ClN2O2. The Bertz CT molecular complexity index is 459. The lowest BCUT2D eigenvalue weighted by atomic mass is 9.79. The molecule has 0 bridgehead atoms. The molecule has 0 spiro atoms. The monoisotopic (exact) mass is 298 g/mol. The summed E-state index contributed by atoms with van der Waals surface area (Å²) in [6, 6.07) is 5.05. The van der Waals surface area contributed by atoms with Gasteiger partial charge < -0.3 is 15.5 Å². The maximum Gasteiger partial charge on any atom is 0.120 e. The smallest absolute Gasteiger partial charge is 0.120 e. The summed E-state index contributed by atoms with van der Waals surface area (Å²) >= 11 is 6.09. The average Bonchev–Trinajstić information content (AvgIpc) is 2.44. The number of halogens is 1. The number of hydrogen-bond donors (Lipinski definition) is 3. The molecular weight excluding hydrogens is 276 g/mol. The van der Waals surface area contributed by atoms with Gasteiger partial charge in [0.05, 0.1) is 0 Å². The minimum absolute atomic E-state index is 0.0492. The quantitative estimate of drug-likeness (QED) is 0.796. The van der Waals surface area contributed by atoms with Gasteiger partial charge >= 0.3 is 0 Å². The largest absolute Gasteiger partial charge is 0.508 e. The second-order valence-corrected chi connectivity index (χ2v) is 6.47. The van der Waals surface area contributed by atoms with Crippen molar-refractivity contribution in [1.82, 2.24) is 10.2 Å². The van der Waals surface area contributed by atoms with E-state index in [4.69, 9.17) is 11.6 Å². The zero-order valence-electron chi connectivity index (χ0n) is 12.1. The Kier molecular flexibility index (Phi) is 4.91. The third-order valence-corrected chi connectivity index (χ3v) is 4.18. The Morgan fingerprint density at radius 1 is 1.35 bits per heavy atom. The number of piperazine rings is 1. The van der Waals surface area contributed by atoms with Crippen LogP contribution in [0.5, 0.6) is 5.75 Å². The molecule has 5 heteroatoms. The van der Waals surface area contributed by atoms with E-state index in [0.717, 1.165) is 31.7 Å². The zero-order valence-corrected chi connectivity index (χ0v) is 12.8. The highest BCUT2D eigenvalue weighted by Crippen LogP contribution is 2.42. The lowest BCUT2D eigenvalue weighted by Crippen LogP contribution is -2.49. The number of aliphatic hydroxyl groups is 1. The minimum Gasteiger partial charge on any atom is -0.508 e. The molecule has 1 aliphatic heterocycles. The number of phenolic OH excluding ortho intramolecular Hbond substituents is 1. The number of benzene rings is 1. The number of aromatic hydroxyl groups is 1. The van der Waals surface area contributed by atoms with E-state index in [2.05, 4.69) is 10.2 Å². The average molecular weight is 299 g/mol. The van der Waals surface area contributed by atoms with E-state index in [9.17, 15) is 10.2 Å². The number of rotatable bonds is 4. The maximum atomic E-state index is 10.2. The normalized spacial score (nSPS) is 19.0. The van der Waals surface area contributed by atoms with Gasteiger partial charge in [-0.25, -0.2) is 0 Å². The topological polar surface area (TPSA) is 55.7 Å². The van der Waals surface area contributed by atoms with Crippen LogP contribution < -0.4 is 5.32 Å². The Morgan fingerprint density at radius 3 is 2.60 bits per heavy atom. The molecule has 1 aliphatic rings. The molecule has 0 aliphatic carbocycles. The van der Waals surface area contributed by atoms with Crippen molar-refractivity contribution in [3.63, 3.8) is 0 Å². The molecule has 3 N–H and O–H groups in total. The molecule has 1 heterocycles. The van der Waals surface area contributed by atoms with Crippen LogP contribution in [-0.2, 0) is 0 Å². The van der Waals surface area contributed by atoms with Crippen LogP contribution in [0.4, 0.5) is 0 Å². The fraction of sp³-hybridized carbons (Fsp3) is 0.600. The molecule has 0 radical (unpaired) electrons. The lowest BCUT2D eigenvalue weighted by molar-refractivity contribution is 0.0293. The minimum atomic E-state index is -0.362. The fourth-order valence-corrected chi connectivity index (χ4v) is 3.06. The van der Waals surface area contributed by atoms with Crippen LogP contribution >= 0.6 is 11.6 Å². The van der Waals surface area contributed by atoms with Crippen molar-refractivity contribution in [2.75, 3.05) is 32.8 Å². The molecule has 1 saturated heterocycles. The number of hydrogen-bond acceptors (Lipinski definition) is 4. The van der Waals surface area contributed by atoms with Gasteiger partial charge in [0.15, 0.2) is 0 Å². The van der Waals surface area contributed by atoms with Crippen LogP contribution in [0.1, 0.15) is 25.5 Å². The van der Waals surface area contributed by atoms with Gasteiger partial charge in [-0.05, 0) is 18.2 Å². The van der Waals surface area contributed by atoms with Gasteiger partial charge in [0.1, 0.15) is 5.75 Å². The molecule has 0 saturated carbocycles. The van der Waals surface area contributed by atoms with Crippen molar-refractivity contribution in [3.8, 4) is 5.75 Å². The van der Waals surface area contributed by atoms with Crippen molar-refractivity contribution in [1.29, 1.82) is 0 Å². The van der Waals surface area contributed by atoms with E-state index in [1.165, 1.54) is 0 Å². The molecule has 1 fully saturated rings. The summed E-state index contributed by atoms with van der Waals surface area (Å²) in [6.07, 6.45) is 0. The molecule has 2 rings (SSSR count). The highest BCUT2D eigenvalue weighted by molar-refractivity contribution is 6.30. The summed E-state index contributed by atoms with van der Waals surface area (Å²) in [5.41, 5.74) is 0.429. The molecule has 112 valence electrons. The molecule has 1 aromatic carbocycles. The van der Waals surface area contributed by atoms with E-state index in [1.807, 2.05) is 13.8 Å². The van der Waals surface area contributed by atoms with Crippen LogP contribution in [0, 0.1) is 5.41 Å². The third kappa shape index (κ3) is 3.26. The predicted octanol–water partition coefficient (Wildman–Crippen LogP) is 2.01. The molecule has 0 unspecified atom stereocenters. The van der Waals surface area contributed by atoms with Crippen LogP contribution in [0.3, 0.4) is 0 Å². The zero-order chi connectivity index (χ0) is 14.8. The molecule has 20 heavy (non-hydrogen) atoms. The standard InChI is InChI=1S/C15H23ClN2O2/c1-15(2,10-19)14(18-7-5-17-6-8-18)12-9-11(16)3-4-13(12)20/h3-4,9,14,17,19-20H,5-8,10H2,1-2H3/t14-/m1/s1. The second-order valence-electron chi connectivity index (χ2n) is 6.04. The maximum absolute atomic E-state index is 10.2. The lowest BCUT2D eigenvalue weighted by Gasteiger charge is -2.43. The van der Waals surface area contributed by atoms with Gasteiger partial charge in [-0.15, -0.1) is 0 Å². The van der Waals surface area contributed by atoms with Gasteiger partial charge in [-0.3, -0.25) is 4.90 Å². The van der Waals surface area contributed by atoms with Gasteiger partial charge in [0, 0.05) is 54.8 Å². The third-order valence-electron chi connectivity index (χ3n) is 3.95. The summed E-state index contributed by atoms with van der Waals surface area (Å²) in [7, 11) is 0. The number of phenols is 1. The van der Waals surface area contributed by atoms with Gasteiger partial charge in [0.2, 0.25) is 0 Å². The molecule has 4 nitrogen and oxygen atoms in total. The Labute approximate surface area is 125 Å². The van der Waals surface area contributed by atoms with Crippen LogP contribution in [-0.4, -0.2) is 47.9 Å². The first kappa shape index (κ1) is 15.6. The van der Waals surface area contributed by atoms with E-state index in [-0.39, 0.29) is 23.8 Å². The highest BCUT2D eigenvalue weighted by atomic mass is 35.5. The Balaban J connectivity index is 2.42. The summed E-state index contributed by atoms with van der Waals surface area (Å²) < 4.78 is 0. The fourth-order valence-electron chi connectivity index (χ4n) is 2.88. The molecule has 1 atom stereocenters.